The van der Waals surface area contributed by atoms with E-state index in [9.17, 15) is 29.3 Å². The van der Waals surface area contributed by atoms with Gasteiger partial charge in [-0.05, 0) is 36.6 Å². The highest BCUT2D eigenvalue weighted by Gasteiger charge is 2.58. The summed E-state index contributed by atoms with van der Waals surface area (Å²) < 4.78 is 15.9. The Balaban J connectivity index is 1.39. The van der Waals surface area contributed by atoms with Gasteiger partial charge in [-0.3, -0.25) is 24.6 Å². The molecule has 1 saturated heterocycles. The van der Waals surface area contributed by atoms with Crippen LogP contribution < -0.4 is 0 Å². The van der Waals surface area contributed by atoms with Gasteiger partial charge >= 0.3 is 12.1 Å². The summed E-state index contributed by atoms with van der Waals surface area (Å²) >= 11 is 0.890. The van der Waals surface area contributed by atoms with Crippen LogP contribution in [0.5, 0.6) is 0 Å². The number of amides is 1. The fourth-order valence-corrected chi connectivity index (χ4v) is 5.38. The summed E-state index contributed by atoms with van der Waals surface area (Å²) in [5.74, 6) is -2.10. The third-order valence-electron chi connectivity index (χ3n) is 6.17. The number of nitro groups is 1. The smallest absolute Gasteiger partial charge is 0.456 e. The minimum Gasteiger partial charge on any atom is -0.456 e. The van der Waals surface area contributed by atoms with E-state index >= 15 is 0 Å². The van der Waals surface area contributed by atoms with Gasteiger partial charge in [0, 0.05) is 17.7 Å². The topological polar surface area (TPSA) is 142 Å². The number of hydrogen-bond acceptors (Lipinski definition) is 10. The molecular weight excluding hydrogens is 516 g/mol. The van der Waals surface area contributed by atoms with Crippen LogP contribution in [0.15, 0.2) is 65.9 Å². The van der Waals surface area contributed by atoms with Gasteiger partial charge in [0.25, 0.3) is 5.69 Å². The van der Waals surface area contributed by atoms with Gasteiger partial charge in [0.15, 0.2) is 0 Å². The molecule has 4 rings (SSSR count). The van der Waals surface area contributed by atoms with Crippen molar-refractivity contribution in [2.45, 2.75) is 45.0 Å². The molecule has 0 unspecified atom stereocenters. The molecule has 2 aliphatic heterocycles. The van der Waals surface area contributed by atoms with Crippen LogP contribution in [0.2, 0.25) is 0 Å². The first-order valence-corrected chi connectivity index (χ1v) is 12.6. The Labute approximate surface area is 221 Å². The molecule has 1 fully saturated rings. The van der Waals surface area contributed by atoms with Crippen molar-refractivity contribution in [3.8, 4) is 0 Å². The molecule has 3 atom stereocenters. The predicted octanol–water partition coefficient (Wildman–Crippen LogP) is 4.10. The third kappa shape index (κ3) is 5.54. The maximum absolute atomic E-state index is 13.2. The number of nitrogens with zero attached hydrogens (tertiary/aromatic N) is 2. The van der Waals surface area contributed by atoms with Gasteiger partial charge in [0.1, 0.15) is 36.3 Å². The molecule has 1 amide bonds. The lowest BCUT2D eigenvalue weighted by Gasteiger charge is -2.50. The summed E-state index contributed by atoms with van der Waals surface area (Å²) in [6.45, 7) is 2.98. The molecule has 38 heavy (non-hydrogen) atoms. The molecule has 0 aliphatic carbocycles. The minimum atomic E-state index is -1.03. The van der Waals surface area contributed by atoms with E-state index in [1.807, 2.05) is 6.07 Å². The number of β-lactam (4-membered cyclic amide) rings is 1. The van der Waals surface area contributed by atoms with Crippen LogP contribution in [0.4, 0.5) is 10.5 Å². The van der Waals surface area contributed by atoms with Gasteiger partial charge in [0.2, 0.25) is 11.0 Å². The lowest BCUT2D eigenvalue weighted by Crippen LogP contribution is -2.65. The fourth-order valence-electron chi connectivity index (χ4n) is 4.14. The maximum atomic E-state index is 13.2. The second-order valence-corrected chi connectivity index (χ2v) is 9.68. The Morgan fingerprint density at radius 2 is 1.66 bits per heavy atom. The Hall–Kier alpha value is -4.19. The van der Waals surface area contributed by atoms with Crippen molar-refractivity contribution in [1.82, 2.24) is 4.90 Å². The summed E-state index contributed by atoms with van der Waals surface area (Å²) in [7, 11) is 0. The van der Waals surface area contributed by atoms with E-state index < -0.39 is 40.4 Å². The Bertz CT molecular complexity index is 1290. The first-order valence-electron chi connectivity index (χ1n) is 11.7. The molecule has 2 aliphatic rings. The fraction of sp³-hybridized carbons (Fsp3) is 0.308. The van der Waals surface area contributed by atoms with E-state index in [-0.39, 0.29) is 41.7 Å². The van der Waals surface area contributed by atoms with Crippen molar-refractivity contribution in [3.05, 3.63) is 87.1 Å². The summed E-state index contributed by atoms with van der Waals surface area (Å²) in [6.07, 6.45) is -1.66. The number of esters is 1. The van der Waals surface area contributed by atoms with Gasteiger partial charge in [-0.1, -0.05) is 49.0 Å². The van der Waals surface area contributed by atoms with Gasteiger partial charge in [-0.2, -0.15) is 0 Å². The average Bonchev–Trinajstić information content (AvgIpc) is 2.92. The van der Waals surface area contributed by atoms with Crippen molar-refractivity contribution in [3.63, 3.8) is 0 Å². The summed E-state index contributed by atoms with van der Waals surface area (Å²) in [5.41, 5.74) is 1.19. The molecule has 0 saturated carbocycles. The zero-order valence-electron chi connectivity index (χ0n) is 20.5. The number of thioether (sulfide) groups is 1. The Morgan fingerprint density at radius 1 is 1.03 bits per heavy atom. The van der Waals surface area contributed by atoms with E-state index in [2.05, 4.69) is 0 Å². The lowest BCUT2D eigenvalue weighted by molar-refractivity contribution is -0.384. The highest BCUT2D eigenvalue weighted by atomic mass is 32.2. The number of rotatable bonds is 9. The number of ether oxygens (including phenoxy) is 3. The van der Waals surface area contributed by atoms with Gasteiger partial charge in [-0.25, -0.2) is 9.59 Å². The zero-order chi connectivity index (χ0) is 27.4. The highest BCUT2D eigenvalue weighted by molar-refractivity contribution is 8.14. The van der Waals surface area contributed by atoms with E-state index in [1.54, 1.807) is 31.2 Å². The molecule has 198 valence electrons. The summed E-state index contributed by atoms with van der Waals surface area (Å²) in [4.78, 5) is 62.5. The maximum Gasteiger partial charge on any atom is 0.508 e. The summed E-state index contributed by atoms with van der Waals surface area (Å²) in [6, 6.07) is 14.5. The first-order chi connectivity index (χ1) is 18.2. The molecule has 2 heterocycles. The number of carbonyl (C=O) groups excluding carboxylic acids is 4. The van der Waals surface area contributed by atoms with Crippen LogP contribution in [0, 0.1) is 16.0 Å². The van der Waals surface area contributed by atoms with Crippen molar-refractivity contribution in [2.75, 3.05) is 0 Å². The second-order valence-electron chi connectivity index (χ2n) is 8.59. The van der Waals surface area contributed by atoms with Crippen molar-refractivity contribution in [2.24, 2.45) is 5.92 Å². The van der Waals surface area contributed by atoms with Crippen LogP contribution in [0.25, 0.3) is 0 Å². The van der Waals surface area contributed by atoms with Crippen LogP contribution in [-0.2, 0) is 41.8 Å². The second kappa shape index (κ2) is 11.5. The number of non-ortho nitro benzene ring substituents is 1. The van der Waals surface area contributed by atoms with Gasteiger partial charge in [-0.15, -0.1) is 0 Å². The highest BCUT2D eigenvalue weighted by Crippen LogP contribution is 2.47. The standard InChI is InChI=1S/C26H24N2O9S/c1-3-19(37-26(32)36-14-17-9-11-18(12-10-17)28(33)34)20-22(29)27-21(15(2)25(31)38-23(20)27)24(30)35-13-16-7-5-4-6-8-16/h4-12,19-20,23H,3,13-14H2,1-2H3/t19-,20+,23+/m1/s1. The molecule has 11 nitrogen and oxygen atoms in total. The first kappa shape index (κ1) is 26.9. The van der Waals surface area contributed by atoms with Crippen molar-refractivity contribution < 1.29 is 38.3 Å². The molecular formula is C26H24N2O9S. The van der Waals surface area contributed by atoms with Crippen LogP contribution in [-0.4, -0.2) is 44.4 Å². The van der Waals surface area contributed by atoms with Crippen molar-refractivity contribution in [1.29, 1.82) is 0 Å². The lowest BCUT2D eigenvalue weighted by atomic mass is 9.88. The van der Waals surface area contributed by atoms with Crippen molar-refractivity contribution >= 4 is 40.6 Å². The number of carbonyl (C=O) groups is 4. The van der Waals surface area contributed by atoms with Gasteiger partial charge in [0.05, 0.1) is 4.92 Å². The SMILES string of the molecule is CC[C@@H](OC(=O)OCc1ccc([N+](=O)[O-])cc1)[C@H]1C(=O)N2C(C(=O)OCc3ccccc3)=C(C)C(=O)S[C@@H]12. The molecule has 2 aromatic carbocycles. The third-order valence-corrected chi connectivity index (χ3v) is 7.44. The molecule has 0 radical (unpaired) electrons. The van der Waals surface area contributed by atoms with E-state index in [0.29, 0.717) is 5.56 Å². The number of benzene rings is 2. The number of fused-ring (bicyclic) bond motifs is 1. The van der Waals surface area contributed by atoms with Crippen LogP contribution in [0.1, 0.15) is 31.4 Å². The van der Waals surface area contributed by atoms with Gasteiger partial charge < -0.3 is 14.2 Å². The molecule has 0 N–H and O–H groups in total. The number of nitro benzene ring substituents is 1. The van der Waals surface area contributed by atoms with E-state index in [4.69, 9.17) is 14.2 Å². The molecule has 0 spiro atoms. The minimum absolute atomic E-state index is 0.0186. The zero-order valence-corrected chi connectivity index (χ0v) is 21.3. The quantitative estimate of drug-likeness (QED) is 0.197. The molecule has 12 heteroatoms. The molecule has 0 aromatic heterocycles. The average molecular weight is 541 g/mol. The normalized spacial score (nSPS) is 19.3. The van der Waals surface area contributed by atoms with Crippen LogP contribution in [0.3, 0.4) is 0 Å². The van der Waals surface area contributed by atoms with Crippen LogP contribution >= 0.6 is 11.8 Å². The van der Waals surface area contributed by atoms with E-state index in [0.717, 1.165) is 17.3 Å². The van der Waals surface area contributed by atoms with E-state index in [1.165, 1.54) is 36.1 Å². The predicted molar refractivity (Wildman–Crippen MR) is 134 cm³/mol. The Kier molecular flexibility index (Phi) is 8.10. The largest absolute Gasteiger partial charge is 0.508 e. The number of hydrogen-bond donors (Lipinski definition) is 0. The molecule has 2 aromatic rings. The summed E-state index contributed by atoms with van der Waals surface area (Å²) in [5, 5.41) is 9.66. The molecule has 0 bridgehead atoms. The monoisotopic (exact) mass is 540 g/mol. The Morgan fingerprint density at radius 3 is 2.29 bits per heavy atom.